The van der Waals surface area contributed by atoms with E-state index in [2.05, 4.69) is 9.95 Å². The van der Waals surface area contributed by atoms with Crippen molar-refractivity contribution in [1.29, 1.82) is 10.8 Å². The van der Waals surface area contributed by atoms with Crippen molar-refractivity contribution in [2.75, 3.05) is 0 Å². The number of carbonyl (C=O) groups is 1. The van der Waals surface area contributed by atoms with Crippen LogP contribution in [0.15, 0.2) is 119 Å². The molecule has 0 spiro atoms. The number of diazo groups is 2. The molecule has 0 N–H and O–H groups in total. The molecular formula is C33H18N4O9S2. The van der Waals surface area contributed by atoms with Crippen LogP contribution < -0.4 is 18.6 Å². The fourth-order valence-electron chi connectivity index (χ4n) is 5.06. The van der Waals surface area contributed by atoms with Gasteiger partial charge in [-0.05, 0) is 58.7 Å². The van der Waals surface area contributed by atoms with Gasteiger partial charge in [-0.3, -0.25) is 4.79 Å². The Morgan fingerprint density at radius 3 is 1.62 bits per heavy atom. The number of nitrogens with zero attached hydrogens (tertiary/aromatic N) is 4. The first-order valence-electron chi connectivity index (χ1n) is 13.7. The number of rotatable bonds is 8. The highest BCUT2D eigenvalue weighted by Gasteiger charge is 2.27. The molecule has 0 radical (unpaired) electrons. The fraction of sp³-hybridized carbons (Fsp3) is 0. The minimum absolute atomic E-state index is 0.0318. The molecule has 6 aromatic carbocycles. The molecule has 6 aromatic rings. The molecule has 0 fully saturated rings. The average Bonchev–Trinajstić information content (AvgIpc) is 3.08. The van der Waals surface area contributed by atoms with Gasteiger partial charge in [0.05, 0.1) is 5.56 Å². The molecule has 236 valence electrons. The van der Waals surface area contributed by atoms with Gasteiger partial charge in [0, 0.05) is 34.5 Å². The second-order valence-electron chi connectivity index (χ2n) is 10.2. The van der Waals surface area contributed by atoms with Gasteiger partial charge in [-0.1, -0.05) is 54.6 Å². The molecule has 0 aliphatic heterocycles. The standard InChI is InChI=1S/C33H18N4O9S2/c34-36-26-16-14-21-23(32(26)39)8-4-10-29(21)47(41,42)45-20-12-13-25(31(38)19-6-2-1-3-7-19)28(18-20)46-48(43,44)30-11-5-9-24-22(30)15-17-27(37-35)33(24)40/h1-18H. The van der Waals surface area contributed by atoms with E-state index in [0.29, 0.717) is 0 Å². The molecule has 0 aliphatic carbocycles. The van der Waals surface area contributed by atoms with Crippen molar-refractivity contribution in [3.63, 3.8) is 0 Å². The lowest BCUT2D eigenvalue weighted by Gasteiger charge is -2.16. The maximum atomic E-state index is 13.7. The largest absolute Gasteiger partial charge is 0.867 e. The Morgan fingerprint density at radius 1 is 0.583 bits per heavy atom. The molecule has 15 heteroatoms. The monoisotopic (exact) mass is 678 g/mol. The van der Waals surface area contributed by atoms with E-state index in [0.717, 1.165) is 36.4 Å². The molecule has 0 unspecified atom stereocenters. The summed E-state index contributed by atoms with van der Waals surface area (Å²) in [5.74, 6) is -3.17. The topological polar surface area (TPSA) is 206 Å². The third-order valence-corrected chi connectivity index (χ3v) is 9.90. The Kier molecular flexibility index (Phi) is 7.85. The average molecular weight is 679 g/mol. The van der Waals surface area contributed by atoms with Gasteiger partial charge < -0.3 is 18.6 Å². The third-order valence-electron chi connectivity index (χ3n) is 7.30. The predicted octanol–water partition coefficient (Wildman–Crippen LogP) is 5.88. The van der Waals surface area contributed by atoms with Crippen LogP contribution in [-0.2, 0) is 20.2 Å². The molecule has 0 saturated heterocycles. The quantitative estimate of drug-likeness (QED) is 0.106. The SMILES string of the molecule is N#[N+]c1ccc2c(S(=O)(=O)Oc3ccc(C(=O)c4ccccc4)c(OS(=O)(=O)c4cccc5c([O-])c([N+]#N)ccc45)c3)cccc2c1[O-]. The van der Waals surface area contributed by atoms with E-state index in [1.54, 1.807) is 18.2 Å². The van der Waals surface area contributed by atoms with E-state index in [1.165, 1.54) is 54.6 Å². The molecule has 0 amide bonds. The van der Waals surface area contributed by atoms with Gasteiger partial charge in [0.2, 0.25) is 10.8 Å². The number of carbonyl (C=O) groups excluding carboxylic acids is 1. The molecule has 0 atom stereocenters. The second kappa shape index (κ2) is 12.0. The van der Waals surface area contributed by atoms with Crippen LogP contribution in [0.1, 0.15) is 15.9 Å². The molecule has 0 heterocycles. The molecule has 48 heavy (non-hydrogen) atoms. The van der Waals surface area contributed by atoms with Crippen LogP contribution in [0.25, 0.3) is 31.5 Å². The minimum Gasteiger partial charge on any atom is -0.867 e. The Morgan fingerprint density at radius 2 is 1.10 bits per heavy atom. The summed E-state index contributed by atoms with van der Waals surface area (Å²) in [6, 6.07) is 23.3. The Bertz CT molecular complexity index is 2620. The van der Waals surface area contributed by atoms with E-state index in [1.807, 2.05) is 0 Å². The van der Waals surface area contributed by atoms with E-state index in [4.69, 9.17) is 19.2 Å². The Balaban J connectivity index is 1.45. The summed E-state index contributed by atoms with van der Waals surface area (Å²) < 4.78 is 65.2. The summed E-state index contributed by atoms with van der Waals surface area (Å²) in [5, 5.41) is 43.2. The van der Waals surface area contributed by atoms with E-state index < -0.39 is 58.8 Å². The predicted molar refractivity (Wildman–Crippen MR) is 168 cm³/mol. The van der Waals surface area contributed by atoms with Crippen LogP contribution in [-0.4, -0.2) is 22.6 Å². The van der Waals surface area contributed by atoms with Crippen LogP contribution in [0.4, 0.5) is 11.4 Å². The number of hydrogen-bond acceptors (Lipinski definition) is 11. The summed E-state index contributed by atoms with van der Waals surface area (Å²) in [4.78, 5) is 18.4. The van der Waals surface area contributed by atoms with Crippen LogP contribution in [0, 0.1) is 10.8 Å². The normalized spacial score (nSPS) is 11.5. The lowest BCUT2D eigenvalue weighted by Crippen LogP contribution is -2.15. The van der Waals surface area contributed by atoms with E-state index in [-0.39, 0.29) is 44.0 Å². The van der Waals surface area contributed by atoms with Gasteiger partial charge >= 0.3 is 31.6 Å². The lowest BCUT2D eigenvalue weighted by molar-refractivity contribution is -0.265. The van der Waals surface area contributed by atoms with Gasteiger partial charge in [0.15, 0.2) is 21.5 Å². The lowest BCUT2D eigenvalue weighted by atomic mass is 10.0. The van der Waals surface area contributed by atoms with Crippen LogP contribution in [0.5, 0.6) is 23.0 Å². The molecule has 0 saturated carbocycles. The summed E-state index contributed by atoms with van der Waals surface area (Å²) >= 11 is 0. The van der Waals surface area contributed by atoms with Crippen molar-refractivity contribution in [2.45, 2.75) is 9.79 Å². The van der Waals surface area contributed by atoms with Crippen LogP contribution in [0.3, 0.4) is 0 Å². The number of ketones is 1. The Hall–Kier alpha value is -6.55. The van der Waals surface area contributed by atoms with Crippen molar-refractivity contribution < 1.29 is 40.2 Å². The summed E-state index contributed by atoms with van der Waals surface area (Å²) in [6.07, 6.45) is 0. The summed E-state index contributed by atoms with van der Waals surface area (Å²) in [5.41, 5.74) is -0.717. The molecule has 6 rings (SSSR count). The first-order chi connectivity index (χ1) is 22.9. The van der Waals surface area contributed by atoms with Gasteiger partial charge in [0.25, 0.3) is 0 Å². The highest BCUT2D eigenvalue weighted by atomic mass is 32.2. The third kappa shape index (κ3) is 5.56. The highest BCUT2D eigenvalue weighted by Crippen LogP contribution is 2.39. The maximum Gasteiger partial charge on any atom is 0.378 e. The highest BCUT2D eigenvalue weighted by molar-refractivity contribution is 7.87. The Labute approximate surface area is 272 Å². The van der Waals surface area contributed by atoms with Crippen molar-refractivity contribution >= 4 is 58.9 Å². The van der Waals surface area contributed by atoms with Crippen LogP contribution >= 0.6 is 0 Å². The first-order valence-corrected chi connectivity index (χ1v) is 16.6. The minimum atomic E-state index is -4.82. The molecule has 0 aliphatic rings. The van der Waals surface area contributed by atoms with Crippen molar-refractivity contribution in [3.8, 4) is 23.0 Å². The van der Waals surface area contributed by atoms with E-state index >= 15 is 0 Å². The van der Waals surface area contributed by atoms with Crippen LogP contribution in [0.2, 0.25) is 0 Å². The van der Waals surface area contributed by atoms with Gasteiger partial charge in [-0.15, -0.1) is 0 Å². The zero-order chi connectivity index (χ0) is 34.2. The van der Waals surface area contributed by atoms with Crippen molar-refractivity contribution in [2.24, 2.45) is 0 Å². The van der Waals surface area contributed by atoms with Gasteiger partial charge in [0.1, 0.15) is 15.5 Å². The zero-order valence-corrected chi connectivity index (χ0v) is 25.8. The van der Waals surface area contributed by atoms with Gasteiger partial charge in [-0.25, -0.2) is 0 Å². The summed E-state index contributed by atoms with van der Waals surface area (Å²) in [7, 11) is -9.52. The number of hydrogen-bond donors (Lipinski definition) is 0. The molecule has 0 aromatic heterocycles. The smallest absolute Gasteiger partial charge is 0.378 e. The number of fused-ring (bicyclic) bond motifs is 2. The van der Waals surface area contributed by atoms with Gasteiger partial charge in [-0.2, -0.15) is 16.8 Å². The van der Waals surface area contributed by atoms with Crippen molar-refractivity contribution in [1.82, 2.24) is 0 Å². The summed E-state index contributed by atoms with van der Waals surface area (Å²) in [6.45, 7) is 0. The zero-order valence-electron chi connectivity index (χ0n) is 24.2. The molecule has 0 bridgehead atoms. The van der Waals surface area contributed by atoms with Crippen molar-refractivity contribution in [3.05, 3.63) is 130 Å². The maximum absolute atomic E-state index is 13.7. The molecule has 13 nitrogen and oxygen atoms in total. The van der Waals surface area contributed by atoms with E-state index in [9.17, 15) is 31.8 Å². The molecular weight excluding hydrogens is 661 g/mol. The first kappa shape index (κ1) is 31.4. The second-order valence-corrected chi connectivity index (χ2v) is 13.2. The number of benzene rings is 6. The fourth-order valence-corrected chi connectivity index (χ4v) is 7.36.